The fourth-order valence-corrected chi connectivity index (χ4v) is 2.01. The van der Waals surface area contributed by atoms with Gasteiger partial charge in [-0.2, -0.15) is 0 Å². The Kier molecular flexibility index (Phi) is 3.52. The van der Waals surface area contributed by atoms with E-state index in [1.807, 2.05) is 6.92 Å². The summed E-state index contributed by atoms with van der Waals surface area (Å²) >= 11 is 0. The predicted octanol–water partition coefficient (Wildman–Crippen LogP) is 2.46. The summed E-state index contributed by atoms with van der Waals surface area (Å²) in [5.74, 6) is 0.915. The van der Waals surface area contributed by atoms with Gasteiger partial charge in [-0.15, -0.1) is 0 Å². The minimum Gasteiger partial charge on any atom is -0.330 e. The van der Waals surface area contributed by atoms with Crippen molar-refractivity contribution in [3.63, 3.8) is 0 Å². The maximum atomic E-state index is 11.6. The SMILES string of the molecule is C=C(C)NC(=O)C1CCCCC1C. The molecule has 2 unspecified atom stereocenters. The number of allylic oxidation sites excluding steroid dienone is 1. The number of carbonyl (C=O) groups is 1. The summed E-state index contributed by atoms with van der Waals surface area (Å²) < 4.78 is 0. The van der Waals surface area contributed by atoms with Crippen LogP contribution in [0.25, 0.3) is 0 Å². The molecule has 2 atom stereocenters. The molecule has 0 radical (unpaired) electrons. The minimum absolute atomic E-state index is 0.166. The van der Waals surface area contributed by atoms with Gasteiger partial charge in [0, 0.05) is 11.6 Å². The minimum atomic E-state index is 0.166. The molecule has 2 heteroatoms. The molecule has 0 heterocycles. The lowest BCUT2D eigenvalue weighted by Crippen LogP contribution is -2.34. The average Bonchev–Trinajstić information content (AvgIpc) is 2.03. The molecule has 0 bridgehead atoms. The predicted molar refractivity (Wildman–Crippen MR) is 54.1 cm³/mol. The van der Waals surface area contributed by atoms with Gasteiger partial charge in [-0.3, -0.25) is 4.79 Å². The average molecular weight is 181 g/mol. The Hall–Kier alpha value is -0.790. The van der Waals surface area contributed by atoms with Gasteiger partial charge in [0.25, 0.3) is 0 Å². The van der Waals surface area contributed by atoms with E-state index in [1.54, 1.807) is 0 Å². The van der Waals surface area contributed by atoms with Crippen LogP contribution in [0.5, 0.6) is 0 Å². The van der Waals surface area contributed by atoms with Crippen LogP contribution in [0.3, 0.4) is 0 Å². The zero-order valence-corrected chi connectivity index (χ0v) is 8.60. The third-order valence-corrected chi connectivity index (χ3v) is 2.78. The number of amides is 1. The fourth-order valence-electron chi connectivity index (χ4n) is 2.01. The second-order valence-corrected chi connectivity index (χ2v) is 4.14. The van der Waals surface area contributed by atoms with Crippen LogP contribution in [0.2, 0.25) is 0 Å². The summed E-state index contributed by atoms with van der Waals surface area (Å²) in [5, 5.41) is 2.81. The van der Waals surface area contributed by atoms with Crippen LogP contribution in [0, 0.1) is 11.8 Å². The fraction of sp³-hybridized carbons (Fsp3) is 0.727. The van der Waals surface area contributed by atoms with Crippen molar-refractivity contribution >= 4 is 5.91 Å². The molecule has 74 valence electrons. The number of hydrogen-bond acceptors (Lipinski definition) is 1. The van der Waals surface area contributed by atoms with E-state index in [2.05, 4.69) is 18.8 Å². The maximum Gasteiger partial charge on any atom is 0.227 e. The number of nitrogens with one attached hydrogen (secondary N) is 1. The first-order valence-corrected chi connectivity index (χ1v) is 5.07. The van der Waals surface area contributed by atoms with Crippen LogP contribution >= 0.6 is 0 Å². The van der Waals surface area contributed by atoms with Crippen molar-refractivity contribution in [1.29, 1.82) is 0 Å². The van der Waals surface area contributed by atoms with Gasteiger partial charge in [-0.25, -0.2) is 0 Å². The molecule has 0 spiro atoms. The highest BCUT2D eigenvalue weighted by Crippen LogP contribution is 2.29. The summed E-state index contributed by atoms with van der Waals surface area (Å²) in [4.78, 5) is 11.6. The second kappa shape index (κ2) is 4.45. The highest BCUT2D eigenvalue weighted by Gasteiger charge is 2.27. The summed E-state index contributed by atoms with van der Waals surface area (Å²) in [5.41, 5.74) is 0.753. The van der Waals surface area contributed by atoms with E-state index in [1.165, 1.54) is 19.3 Å². The first kappa shape index (κ1) is 10.3. The van der Waals surface area contributed by atoms with E-state index in [4.69, 9.17) is 0 Å². The van der Waals surface area contributed by atoms with Gasteiger partial charge in [-0.1, -0.05) is 26.3 Å². The molecule has 2 nitrogen and oxygen atoms in total. The first-order valence-electron chi connectivity index (χ1n) is 5.07. The van der Waals surface area contributed by atoms with Crippen LogP contribution in [-0.4, -0.2) is 5.91 Å². The summed E-state index contributed by atoms with van der Waals surface area (Å²) in [7, 11) is 0. The molecule has 1 saturated carbocycles. The summed E-state index contributed by atoms with van der Waals surface area (Å²) in [6, 6.07) is 0. The molecular weight excluding hydrogens is 162 g/mol. The molecule has 1 aliphatic carbocycles. The van der Waals surface area contributed by atoms with Crippen molar-refractivity contribution in [2.45, 2.75) is 39.5 Å². The lowest BCUT2D eigenvalue weighted by molar-refractivity contribution is -0.126. The highest BCUT2D eigenvalue weighted by molar-refractivity contribution is 5.80. The lowest BCUT2D eigenvalue weighted by atomic mass is 9.80. The number of rotatable bonds is 2. The first-order chi connectivity index (χ1) is 6.11. The molecule has 0 aromatic carbocycles. The lowest BCUT2D eigenvalue weighted by Gasteiger charge is -2.27. The molecule has 1 rings (SSSR count). The van der Waals surface area contributed by atoms with Crippen molar-refractivity contribution in [3.05, 3.63) is 12.3 Å². The van der Waals surface area contributed by atoms with Gasteiger partial charge in [0.2, 0.25) is 5.91 Å². The van der Waals surface area contributed by atoms with Gasteiger partial charge in [0.15, 0.2) is 0 Å². The Balaban J connectivity index is 2.48. The zero-order valence-electron chi connectivity index (χ0n) is 8.60. The van der Waals surface area contributed by atoms with Crippen LogP contribution in [0.4, 0.5) is 0 Å². The monoisotopic (exact) mass is 181 g/mol. The van der Waals surface area contributed by atoms with E-state index < -0.39 is 0 Å². The molecule has 0 aliphatic heterocycles. The topological polar surface area (TPSA) is 29.1 Å². The van der Waals surface area contributed by atoms with E-state index in [0.29, 0.717) is 5.92 Å². The number of hydrogen-bond donors (Lipinski definition) is 1. The third-order valence-electron chi connectivity index (χ3n) is 2.78. The van der Waals surface area contributed by atoms with Crippen molar-refractivity contribution in [2.75, 3.05) is 0 Å². The molecular formula is C11H19NO. The summed E-state index contributed by atoms with van der Waals surface area (Å²) in [6.45, 7) is 7.68. The van der Waals surface area contributed by atoms with Crippen LogP contribution in [0.1, 0.15) is 39.5 Å². The largest absolute Gasteiger partial charge is 0.330 e. The Morgan fingerprint density at radius 3 is 2.54 bits per heavy atom. The Labute approximate surface area is 80.4 Å². The summed E-state index contributed by atoms with van der Waals surface area (Å²) in [6.07, 6.45) is 4.70. The van der Waals surface area contributed by atoms with Gasteiger partial charge >= 0.3 is 0 Å². The maximum absolute atomic E-state index is 11.6. The molecule has 1 N–H and O–H groups in total. The second-order valence-electron chi connectivity index (χ2n) is 4.14. The van der Waals surface area contributed by atoms with Gasteiger partial charge in [0.05, 0.1) is 0 Å². The van der Waals surface area contributed by atoms with E-state index in [9.17, 15) is 4.79 Å². The van der Waals surface area contributed by atoms with Crippen molar-refractivity contribution in [1.82, 2.24) is 5.32 Å². The molecule has 0 aromatic rings. The van der Waals surface area contributed by atoms with Gasteiger partial charge in [-0.05, 0) is 25.7 Å². The zero-order chi connectivity index (χ0) is 9.84. The van der Waals surface area contributed by atoms with Crippen molar-refractivity contribution in [3.8, 4) is 0 Å². The molecule has 0 saturated heterocycles. The van der Waals surface area contributed by atoms with Crippen LogP contribution < -0.4 is 5.32 Å². The van der Waals surface area contributed by atoms with Crippen LogP contribution in [0.15, 0.2) is 12.3 Å². The Morgan fingerprint density at radius 1 is 1.38 bits per heavy atom. The van der Waals surface area contributed by atoms with E-state index in [0.717, 1.165) is 12.1 Å². The number of carbonyl (C=O) groups excluding carboxylic acids is 1. The van der Waals surface area contributed by atoms with Crippen LogP contribution in [-0.2, 0) is 4.79 Å². The Morgan fingerprint density at radius 2 is 2.00 bits per heavy atom. The van der Waals surface area contributed by atoms with Gasteiger partial charge in [0.1, 0.15) is 0 Å². The molecule has 0 aromatic heterocycles. The highest BCUT2D eigenvalue weighted by atomic mass is 16.1. The van der Waals surface area contributed by atoms with Crippen molar-refractivity contribution in [2.24, 2.45) is 11.8 Å². The van der Waals surface area contributed by atoms with Gasteiger partial charge < -0.3 is 5.32 Å². The molecule has 13 heavy (non-hydrogen) atoms. The normalized spacial score (nSPS) is 28.2. The quantitative estimate of drug-likeness (QED) is 0.696. The third kappa shape index (κ3) is 2.87. The smallest absolute Gasteiger partial charge is 0.227 e. The van der Waals surface area contributed by atoms with E-state index >= 15 is 0 Å². The molecule has 1 aliphatic rings. The van der Waals surface area contributed by atoms with Crippen molar-refractivity contribution < 1.29 is 4.79 Å². The van der Waals surface area contributed by atoms with E-state index in [-0.39, 0.29) is 11.8 Å². The molecule has 1 fully saturated rings. The molecule has 1 amide bonds. The Bertz CT molecular complexity index is 210. The standard InChI is InChI=1S/C11H19NO/c1-8(2)12-11(13)10-7-5-4-6-9(10)3/h9-10H,1,4-7H2,2-3H3,(H,12,13).